The number of H-pyrrole nitrogens is 1. The van der Waals surface area contributed by atoms with E-state index in [9.17, 15) is 8.42 Å². The molecule has 20 heavy (non-hydrogen) atoms. The minimum atomic E-state index is -3.02. The van der Waals surface area contributed by atoms with Crippen LogP contribution in [0.1, 0.15) is 6.92 Å². The monoisotopic (exact) mass is 294 g/mol. The number of imidazole rings is 1. The van der Waals surface area contributed by atoms with Crippen LogP contribution in [-0.4, -0.2) is 48.1 Å². The Morgan fingerprint density at radius 1 is 1.40 bits per heavy atom. The Balaban J connectivity index is 1.54. The first-order chi connectivity index (χ1) is 9.58. The lowest BCUT2D eigenvalue weighted by Crippen LogP contribution is -2.52. The van der Waals surface area contributed by atoms with Gasteiger partial charge in [-0.3, -0.25) is 0 Å². The number of hydrogen-bond donors (Lipinski definition) is 2. The number of aromatic nitrogens is 2. The van der Waals surface area contributed by atoms with E-state index >= 15 is 0 Å². The van der Waals surface area contributed by atoms with Gasteiger partial charge in [-0.25, -0.2) is 17.7 Å². The summed E-state index contributed by atoms with van der Waals surface area (Å²) in [5, 5.41) is 3.24. The maximum Gasteiger partial charge on any atom is 0.213 e. The summed E-state index contributed by atoms with van der Waals surface area (Å²) in [7, 11) is -3.02. The van der Waals surface area contributed by atoms with E-state index in [4.69, 9.17) is 0 Å². The molecule has 1 aromatic heterocycles. The fourth-order valence-electron chi connectivity index (χ4n) is 2.34. The van der Waals surface area contributed by atoms with Crippen LogP contribution in [0.3, 0.4) is 0 Å². The summed E-state index contributed by atoms with van der Waals surface area (Å²) in [6.07, 6.45) is 0. The van der Waals surface area contributed by atoms with Gasteiger partial charge in [-0.1, -0.05) is 12.1 Å². The van der Waals surface area contributed by atoms with E-state index in [1.807, 2.05) is 24.3 Å². The van der Waals surface area contributed by atoms with Gasteiger partial charge in [0.05, 0.1) is 16.8 Å². The first-order valence-electron chi connectivity index (χ1n) is 6.75. The van der Waals surface area contributed by atoms with E-state index in [1.165, 1.54) is 4.31 Å². The van der Waals surface area contributed by atoms with E-state index in [2.05, 4.69) is 15.3 Å². The second-order valence-corrected chi connectivity index (χ2v) is 7.32. The molecule has 7 heteroatoms. The Labute approximate surface area is 118 Å². The molecule has 0 saturated carbocycles. The van der Waals surface area contributed by atoms with Crippen LogP contribution in [0.15, 0.2) is 24.3 Å². The van der Waals surface area contributed by atoms with Gasteiger partial charge in [-0.15, -0.1) is 0 Å². The van der Waals surface area contributed by atoms with Gasteiger partial charge in [0.25, 0.3) is 0 Å². The molecule has 2 heterocycles. The molecule has 1 saturated heterocycles. The number of fused-ring (bicyclic) bond motifs is 1. The predicted octanol–water partition coefficient (Wildman–Crippen LogP) is 1.26. The molecule has 3 rings (SSSR count). The lowest BCUT2D eigenvalue weighted by molar-refractivity contribution is 0.212. The molecule has 0 unspecified atom stereocenters. The minimum Gasteiger partial charge on any atom is -0.355 e. The Morgan fingerprint density at radius 2 is 2.15 bits per heavy atom. The summed E-state index contributed by atoms with van der Waals surface area (Å²) in [6.45, 7) is 3.61. The Hall–Kier alpha value is -1.60. The highest BCUT2D eigenvalue weighted by Gasteiger charge is 2.34. The number of hydrogen-bond acceptors (Lipinski definition) is 4. The average Bonchev–Trinajstić information content (AvgIpc) is 2.79. The molecule has 6 nitrogen and oxygen atoms in total. The quantitative estimate of drug-likeness (QED) is 0.870. The van der Waals surface area contributed by atoms with Crippen molar-refractivity contribution in [1.82, 2.24) is 14.3 Å². The van der Waals surface area contributed by atoms with Gasteiger partial charge in [0.1, 0.15) is 0 Å². The van der Waals surface area contributed by atoms with Crippen LogP contribution in [-0.2, 0) is 10.0 Å². The third-order valence-corrected chi connectivity index (χ3v) is 5.44. The molecular weight excluding hydrogens is 276 g/mol. The van der Waals surface area contributed by atoms with Gasteiger partial charge in [0.2, 0.25) is 16.0 Å². The molecule has 0 amide bonds. The van der Waals surface area contributed by atoms with Crippen LogP contribution in [0.25, 0.3) is 11.0 Å². The SMILES string of the molecule is CCS(=O)(=O)N1CC(CNc2nc3ccccc3[nH]2)C1. The number of para-hydroxylation sites is 2. The number of nitrogens with zero attached hydrogens (tertiary/aromatic N) is 2. The third-order valence-electron chi connectivity index (χ3n) is 3.63. The Kier molecular flexibility index (Phi) is 3.39. The Bertz CT molecular complexity index is 671. The predicted molar refractivity (Wildman–Crippen MR) is 79.1 cm³/mol. The van der Waals surface area contributed by atoms with E-state index in [-0.39, 0.29) is 5.75 Å². The fourth-order valence-corrected chi connectivity index (χ4v) is 3.58. The zero-order valence-electron chi connectivity index (χ0n) is 11.3. The molecule has 2 aromatic rings. The zero-order valence-corrected chi connectivity index (χ0v) is 12.2. The summed E-state index contributed by atoms with van der Waals surface area (Å²) < 4.78 is 24.8. The van der Waals surface area contributed by atoms with E-state index < -0.39 is 10.0 Å². The van der Waals surface area contributed by atoms with Crippen LogP contribution < -0.4 is 5.32 Å². The number of benzene rings is 1. The molecule has 108 valence electrons. The van der Waals surface area contributed by atoms with Gasteiger partial charge in [0, 0.05) is 25.6 Å². The number of anilines is 1. The van der Waals surface area contributed by atoms with Crippen molar-refractivity contribution < 1.29 is 8.42 Å². The largest absolute Gasteiger partial charge is 0.355 e. The van der Waals surface area contributed by atoms with Crippen LogP contribution in [0.5, 0.6) is 0 Å². The lowest BCUT2D eigenvalue weighted by atomic mass is 10.0. The van der Waals surface area contributed by atoms with Crippen molar-refractivity contribution in [2.24, 2.45) is 5.92 Å². The molecule has 0 atom stereocenters. The average molecular weight is 294 g/mol. The molecule has 1 fully saturated rings. The topological polar surface area (TPSA) is 78.1 Å². The van der Waals surface area contributed by atoms with Crippen molar-refractivity contribution >= 4 is 27.0 Å². The Morgan fingerprint density at radius 3 is 2.85 bits per heavy atom. The molecule has 1 aliphatic rings. The summed E-state index contributed by atoms with van der Waals surface area (Å²) in [5.41, 5.74) is 1.93. The fraction of sp³-hybridized carbons (Fsp3) is 0.462. The van der Waals surface area contributed by atoms with Crippen molar-refractivity contribution in [1.29, 1.82) is 0 Å². The molecule has 1 aromatic carbocycles. The van der Waals surface area contributed by atoms with Gasteiger partial charge in [0.15, 0.2) is 0 Å². The third kappa shape index (κ3) is 2.51. The summed E-state index contributed by atoms with van der Waals surface area (Å²) in [6, 6.07) is 7.85. The van der Waals surface area contributed by atoms with E-state index in [0.29, 0.717) is 19.0 Å². The lowest BCUT2D eigenvalue weighted by Gasteiger charge is -2.37. The molecule has 2 N–H and O–H groups in total. The van der Waals surface area contributed by atoms with Gasteiger partial charge in [-0.2, -0.15) is 0 Å². The first kappa shape index (κ1) is 13.4. The number of aromatic amines is 1. The molecule has 0 spiro atoms. The molecule has 0 bridgehead atoms. The van der Waals surface area contributed by atoms with Crippen molar-refractivity contribution in [3.05, 3.63) is 24.3 Å². The number of sulfonamides is 1. The normalized spacial score (nSPS) is 17.2. The first-order valence-corrected chi connectivity index (χ1v) is 8.36. The van der Waals surface area contributed by atoms with Gasteiger partial charge in [-0.05, 0) is 19.1 Å². The molecule has 0 aliphatic carbocycles. The van der Waals surface area contributed by atoms with Crippen molar-refractivity contribution in [3.8, 4) is 0 Å². The van der Waals surface area contributed by atoms with Gasteiger partial charge >= 0.3 is 0 Å². The van der Waals surface area contributed by atoms with Crippen molar-refractivity contribution in [2.75, 3.05) is 30.7 Å². The minimum absolute atomic E-state index is 0.177. The zero-order chi connectivity index (χ0) is 14.2. The van der Waals surface area contributed by atoms with Crippen LogP contribution >= 0.6 is 0 Å². The highest BCUT2D eigenvalue weighted by molar-refractivity contribution is 7.89. The smallest absolute Gasteiger partial charge is 0.213 e. The molecular formula is C13H18N4O2S. The van der Waals surface area contributed by atoms with E-state index in [0.717, 1.165) is 23.5 Å². The molecule has 1 aliphatic heterocycles. The highest BCUT2D eigenvalue weighted by Crippen LogP contribution is 2.20. The van der Waals surface area contributed by atoms with Crippen LogP contribution in [0.4, 0.5) is 5.95 Å². The van der Waals surface area contributed by atoms with E-state index in [1.54, 1.807) is 6.92 Å². The van der Waals surface area contributed by atoms with Crippen molar-refractivity contribution in [2.45, 2.75) is 6.92 Å². The summed E-state index contributed by atoms with van der Waals surface area (Å²) >= 11 is 0. The maximum atomic E-state index is 11.6. The second-order valence-electron chi connectivity index (χ2n) is 5.07. The van der Waals surface area contributed by atoms with Crippen molar-refractivity contribution in [3.63, 3.8) is 0 Å². The standard InChI is InChI=1S/C13H18N4O2S/c1-2-20(18,19)17-8-10(9-17)7-14-13-15-11-5-3-4-6-12(11)16-13/h3-6,10H,2,7-9H2,1H3,(H2,14,15,16). The second kappa shape index (κ2) is 5.06. The highest BCUT2D eigenvalue weighted by atomic mass is 32.2. The number of rotatable bonds is 5. The van der Waals surface area contributed by atoms with Gasteiger partial charge < -0.3 is 10.3 Å². The number of nitrogens with one attached hydrogen (secondary N) is 2. The van der Waals surface area contributed by atoms with Crippen LogP contribution in [0.2, 0.25) is 0 Å². The summed E-state index contributed by atoms with van der Waals surface area (Å²) in [5.74, 6) is 1.27. The maximum absolute atomic E-state index is 11.6. The van der Waals surface area contributed by atoms with Crippen LogP contribution in [0, 0.1) is 5.92 Å². The molecule has 0 radical (unpaired) electrons. The summed E-state index contributed by atoms with van der Waals surface area (Å²) in [4.78, 5) is 7.63.